The first-order chi connectivity index (χ1) is 6.87. The Labute approximate surface area is 84.9 Å². The average Bonchev–Trinajstić information content (AvgIpc) is 2.66. The smallest absolute Gasteiger partial charge is 0.111 e. The molecule has 1 N–H and O–H groups in total. The Morgan fingerprint density at radius 3 is 3.14 bits per heavy atom. The summed E-state index contributed by atoms with van der Waals surface area (Å²) in [7, 11) is 0. The normalized spacial score (nSPS) is 37.9. The van der Waals surface area contributed by atoms with Crippen LogP contribution in [0.2, 0.25) is 0 Å². The van der Waals surface area contributed by atoms with Gasteiger partial charge in [-0.05, 0) is 6.92 Å². The van der Waals surface area contributed by atoms with E-state index in [4.69, 9.17) is 14.2 Å². The van der Waals surface area contributed by atoms with Crippen LogP contribution in [0.1, 0.15) is 13.3 Å². The molecule has 0 amide bonds. The van der Waals surface area contributed by atoms with Crippen LogP contribution in [0.5, 0.6) is 0 Å². The molecule has 2 heterocycles. The van der Waals surface area contributed by atoms with Gasteiger partial charge in [0.2, 0.25) is 0 Å². The van der Waals surface area contributed by atoms with E-state index in [0.29, 0.717) is 12.6 Å². The SMILES string of the molecule is CCOCC1NCCOC12CCOC2. The van der Waals surface area contributed by atoms with E-state index in [2.05, 4.69) is 5.32 Å². The maximum atomic E-state index is 5.87. The third-order valence-corrected chi connectivity index (χ3v) is 3.02. The molecule has 1 spiro atoms. The molecule has 0 aromatic carbocycles. The van der Waals surface area contributed by atoms with Crippen LogP contribution < -0.4 is 5.32 Å². The van der Waals surface area contributed by atoms with Gasteiger partial charge in [0.05, 0.1) is 25.9 Å². The number of hydrogen-bond donors (Lipinski definition) is 1. The first-order valence-corrected chi connectivity index (χ1v) is 5.40. The largest absolute Gasteiger partial charge is 0.380 e. The van der Waals surface area contributed by atoms with E-state index in [1.807, 2.05) is 6.92 Å². The summed E-state index contributed by atoms with van der Waals surface area (Å²) in [5, 5.41) is 3.46. The van der Waals surface area contributed by atoms with Crippen molar-refractivity contribution in [2.75, 3.05) is 39.6 Å². The zero-order valence-electron chi connectivity index (χ0n) is 8.75. The van der Waals surface area contributed by atoms with E-state index < -0.39 is 0 Å². The maximum Gasteiger partial charge on any atom is 0.111 e. The lowest BCUT2D eigenvalue weighted by molar-refractivity contribution is -0.113. The predicted molar refractivity (Wildman–Crippen MR) is 52.4 cm³/mol. The Morgan fingerprint density at radius 1 is 1.50 bits per heavy atom. The molecular formula is C10H19NO3. The molecule has 14 heavy (non-hydrogen) atoms. The molecule has 2 rings (SSSR count). The standard InChI is InChI=1S/C10H19NO3/c1-2-12-7-9-10(3-5-13-8-10)14-6-4-11-9/h9,11H,2-8H2,1H3. The van der Waals surface area contributed by atoms with Gasteiger partial charge >= 0.3 is 0 Å². The number of rotatable bonds is 3. The minimum atomic E-state index is -0.118. The van der Waals surface area contributed by atoms with Gasteiger partial charge in [-0.15, -0.1) is 0 Å². The molecular weight excluding hydrogens is 182 g/mol. The van der Waals surface area contributed by atoms with Crippen LogP contribution in [-0.4, -0.2) is 51.2 Å². The van der Waals surface area contributed by atoms with E-state index >= 15 is 0 Å². The molecule has 0 aromatic heterocycles. The Morgan fingerprint density at radius 2 is 2.43 bits per heavy atom. The molecule has 4 heteroatoms. The molecule has 0 bridgehead atoms. The van der Waals surface area contributed by atoms with Gasteiger partial charge in [0.15, 0.2) is 0 Å². The quantitative estimate of drug-likeness (QED) is 0.706. The maximum absolute atomic E-state index is 5.87. The number of hydrogen-bond acceptors (Lipinski definition) is 4. The van der Waals surface area contributed by atoms with Crippen LogP contribution in [0.4, 0.5) is 0 Å². The van der Waals surface area contributed by atoms with Crippen LogP contribution in [-0.2, 0) is 14.2 Å². The minimum absolute atomic E-state index is 0.118. The summed E-state index contributed by atoms with van der Waals surface area (Å²) in [6.45, 7) is 6.71. The first-order valence-electron chi connectivity index (χ1n) is 5.40. The van der Waals surface area contributed by atoms with Gasteiger partial charge in [-0.3, -0.25) is 0 Å². The number of morpholine rings is 1. The summed E-state index contributed by atoms with van der Waals surface area (Å²) in [6.07, 6.45) is 0.984. The van der Waals surface area contributed by atoms with Crippen LogP contribution in [0, 0.1) is 0 Å². The summed E-state index contributed by atoms with van der Waals surface area (Å²) in [6, 6.07) is 0.290. The van der Waals surface area contributed by atoms with Gasteiger partial charge in [0, 0.05) is 26.2 Å². The molecule has 0 radical (unpaired) electrons. The average molecular weight is 201 g/mol. The Hall–Kier alpha value is -0.160. The minimum Gasteiger partial charge on any atom is -0.380 e. The van der Waals surface area contributed by atoms with Gasteiger partial charge in [0.1, 0.15) is 5.60 Å². The highest BCUT2D eigenvalue weighted by molar-refractivity contribution is 4.98. The molecule has 0 aromatic rings. The summed E-state index contributed by atoms with van der Waals surface area (Å²) < 4.78 is 16.8. The van der Waals surface area contributed by atoms with Crippen LogP contribution >= 0.6 is 0 Å². The molecule has 2 saturated heterocycles. The highest BCUT2D eigenvalue weighted by Gasteiger charge is 2.45. The fourth-order valence-electron chi connectivity index (χ4n) is 2.17. The second-order valence-electron chi connectivity index (χ2n) is 3.88. The van der Waals surface area contributed by atoms with Crippen molar-refractivity contribution in [3.8, 4) is 0 Å². The molecule has 2 fully saturated rings. The third-order valence-electron chi connectivity index (χ3n) is 3.02. The zero-order valence-corrected chi connectivity index (χ0v) is 8.75. The second kappa shape index (κ2) is 4.57. The van der Waals surface area contributed by atoms with Crippen molar-refractivity contribution >= 4 is 0 Å². The van der Waals surface area contributed by atoms with E-state index in [9.17, 15) is 0 Å². The van der Waals surface area contributed by atoms with Crippen molar-refractivity contribution in [1.82, 2.24) is 5.32 Å². The van der Waals surface area contributed by atoms with Crippen LogP contribution in [0.25, 0.3) is 0 Å². The first kappa shape index (κ1) is 10.4. The molecule has 2 aliphatic heterocycles. The summed E-state index contributed by atoms with van der Waals surface area (Å²) >= 11 is 0. The summed E-state index contributed by atoms with van der Waals surface area (Å²) in [5.74, 6) is 0. The predicted octanol–water partition coefficient (Wildman–Crippen LogP) is 0.170. The van der Waals surface area contributed by atoms with Gasteiger partial charge in [-0.25, -0.2) is 0 Å². The molecule has 82 valence electrons. The van der Waals surface area contributed by atoms with Gasteiger partial charge in [0.25, 0.3) is 0 Å². The Bertz CT molecular complexity index is 180. The van der Waals surface area contributed by atoms with Gasteiger partial charge in [-0.1, -0.05) is 0 Å². The van der Waals surface area contributed by atoms with Crippen molar-refractivity contribution < 1.29 is 14.2 Å². The molecule has 2 aliphatic rings. The highest BCUT2D eigenvalue weighted by Crippen LogP contribution is 2.29. The lowest BCUT2D eigenvalue weighted by Gasteiger charge is -2.40. The Balaban J connectivity index is 1.95. The summed E-state index contributed by atoms with van der Waals surface area (Å²) in [4.78, 5) is 0. The zero-order chi connectivity index (χ0) is 9.86. The van der Waals surface area contributed by atoms with Crippen LogP contribution in [0.3, 0.4) is 0 Å². The van der Waals surface area contributed by atoms with Gasteiger partial charge < -0.3 is 19.5 Å². The molecule has 2 unspecified atom stereocenters. The van der Waals surface area contributed by atoms with Crippen molar-refractivity contribution in [1.29, 1.82) is 0 Å². The van der Waals surface area contributed by atoms with Crippen molar-refractivity contribution in [3.63, 3.8) is 0 Å². The fraction of sp³-hybridized carbons (Fsp3) is 1.00. The summed E-state index contributed by atoms with van der Waals surface area (Å²) in [5.41, 5.74) is -0.118. The fourth-order valence-corrected chi connectivity index (χ4v) is 2.17. The van der Waals surface area contributed by atoms with Crippen molar-refractivity contribution in [3.05, 3.63) is 0 Å². The Kier molecular flexibility index (Phi) is 3.38. The lowest BCUT2D eigenvalue weighted by atomic mass is 9.92. The lowest BCUT2D eigenvalue weighted by Crippen LogP contribution is -2.60. The number of nitrogens with one attached hydrogen (secondary N) is 1. The third kappa shape index (κ3) is 1.93. The second-order valence-corrected chi connectivity index (χ2v) is 3.88. The molecule has 0 aliphatic carbocycles. The van der Waals surface area contributed by atoms with Crippen molar-refractivity contribution in [2.24, 2.45) is 0 Å². The molecule has 2 atom stereocenters. The monoisotopic (exact) mass is 201 g/mol. The molecule has 4 nitrogen and oxygen atoms in total. The van der Waals surface area contributed by atoms with E-state index in [1.165, 1.54) is 0 Å². The number of ether oxygens (including phenoxy) is 3. The van der Waals surface area contributed by atoms with E-state index in [-0.39, 0.29) is 5.60 Å². The molecule has 0 saturated carbocycles. The van der Waals surface area contributed by atoms with E-state index in [1.54, 1.807) is 0 Å². The topological polar surface area (TPSA) is 39.7 Å². The highest BCUT2D eigenvalue weighted by atomic mass is 16.6. The van der Waals surface area contributed by atoms with Gasteiger partial charge in [-0.2, -0.15) is 0 Å². The van der Waals surface area contributed by atoms with Crippen LogP contribution in [0.15, 0.2) is 0 Å². The van der Waals surface area contributed by atoms with Crippen molar-refractivity contribution in [2.45, 2.75) is 25.0 Å². The van der Waals surface area contributed by atoms with E-state index in [0.717, 1.165) is 39.4 Å².